The van der Waals surface area contributed by atoms with Gasteiger partial charge in [-0.05, 0) is 52.8 Å². The van der Waals surface area contributed by atoms with Crippen molar-refractivity contribution < 1.29 is 14.6 Å². The van der Waals surface area contributed by atoms with Crippen LogP contribution in [0.5, 0.6) is 0 Å². The molecule has 2 saturated carbocycles. The summed E-state index contributed by atoms with van der Waals surface area (Å²) in [6.07, 6.45) is 1.52. The van der Waals surface area contributed by atoms with Gasteiger partial charge in [-0.3, -0.25) is 0 Å². The molecule has 4 heteroatoms. The fourth-order valence-corrected chi connectivity index (χ4v) is 6.30. The van der Waals surface area contributed by atoms with Crippen molar-refractivity contribution in [2.45, 2.75) is 30.9 Å². The molecule has 5 unspecified atom stereocenters. The molecule has 0 spiro atoms. The van der Waals surface area contributed by atoms with Gasteiger partial charge in [0.25, 0.3) is 0 Å². The molecule has 138 valence electrons. The van der Waals surface area contributed by atoms with Crippen molar-refractivity contribution in [2.75, 3.05) is 13.2 Å². The van der Waals surface area contributed by atoms with Gasteiger partial charge in [-0.25, -0.2) is 4.79 Å². The van der Waals surface area contributed by atoms with Gasteiger partial charge in [-0.1, -0.05) is 48.5 Å². The van der Waals surface area contributed by atoms with Crippen LogP contribution in [0.3, 0.4) is 0 Å². The molecule has 1 aliphatic heterocycles. The molecular formula is C23H23NO3. The van der Waals surface area contributed by atoms with Crippen molar-refractivity contribution in [3.8, 4) is 11.1 Å². The van der Waals surface area contributed by atoms with Crippen LogP contribution < -0.4 is 0 Å². The quantitative estimate of drug-likeness (QED) is 0.889. The Balaban J connectivity index is 1.23. The Labute approximate surface area is 158 Å². The second-order valence-electron chi connectivity index (χ2n) is 8.59. The van der Waals surface area contributed by atoms with E-state index in [9.17, 15) is 9.90 Å². The molecule has 2 aromatic carbocycles. The second-order valence-corrected chi connectivity index (χ2v) is 8.59. The third kappa shape index (κ3) is 2.10. The first-order valence-corrected chi connectivity index (χ1v) is 10.0. The number of ether oxygens (including phenoxy) is 1. The highest BCUT2D eigenvalue weighted by Gasteiger charge is 2.60. The predicted molar refractivity (Wildman–Crippen MR) is 101 cm³/mol. The maximum atomic E-state index is 12.9. The molecule has 27 heavy (non-hydrogen) atoms. The third-order valence-corrected chi connectivity index (χ3v) is 7.42. The molecule has 1 heterocycles. The third-order valence-electron chi connectivity index (χ3n) is 7.42. The van der Waals surface area contributed by atoms with Gasteiger partial charge in [-0.15, -0.1) is 0 Å². The van der Waals surface area contributed by atoms with E-state index in [0.717, 1.165) is 19.4 Å². The molecule has 0 radical (unpaired) electrons. The molecule has 0 aromatic heterocycles. The minimum absolute atomic E-state index is 0.0237. The van der Waals surface area contributed by atoms with Crippen LogP contribution in [0.15, 0.2) is 48.5 Å². The van der Waals surface area contributed by atoms with E-state index in [1.54, 1.807) is 0 Å². The van der Waals surface area contributed by atoms with Gasteiger partial charge in [0, 0.05) is 12.5 Å². The van der Waals surface area contributed by atoms with Crippen LogP contribution in [0.25, 0.3) is 11.1 Å². The van der Waals surface area contributed by atoms with Crippen LogP contribution in [0.4, 0.5) is 4.79 Å². The maximum absolute atomic E-state index is 12.9. The van der Waals surface area contributed by atoms with Gasteiger partial charge >= 0.3 is 6.09 Å². The normalized spacial score (nSPS) is 32.6. The van der Waals surface area contributed by atoms with Crippen LogP contribution in [0, 0.1) is 17.8 Å². The van der Waals surface area contributed by atoms with Crippen molar-refractivity contribution in [1.29, 1.82) is 0 Å². The first-order chi connectivity index (χ1) is 13.2. The Bertz CT molecular complexity index is 878. The molecule has 1 saturated heterocycles. The number of hydrogen-bond acceptors (Lipinski definition) is 3. The molecule has 3 fully saturated rings. The maximum Gasteiger partial charge on any atom is 0.410 e. The van der Waals surface area contributed by atoms with E-state index >= 15 is 0 Å². The highest BCUT2D eigenvalue weighted by Crippen LogP contribution is 2.55. The van der Waals surface area contributed by atoms with E-state index in [1.165, 1.54) is 22.3 Å². The van der Waals surface area contributed by atoms with Crippen molar-refractivity contribution in [1.82, 2.24) is 4.90 Å². The van der Waals surface area contributed by atoms with Gasteiger partial charge in [0.05, 0.1) is 12.1 Å². The monoisotopic (exact) mass is 361 g/mol. The Hall–Kier alpha value is -2.33. The minimum atomic E-state index is -0.366. The zero-order valence-electron chi connectivity index (χ0n) is 15.1. The Kier molecular flexibility index (Phi) is 3.25. The molecule has 1 amide bonds. The number of rotatable bonds is 2. The van der Waals surface area contributed by atoms with E-state index in [2.05, 4.69) is 36.4 Å². The second kappa shape index (κ2) is 5.59. The number of carbonyl (C=O) groups excluding carboxylic acids is 1. The molecular weight excluding hydrogens is 338 g/mol. The highest BCUT2D eigenvalue weighted by atomic mass is 16.6. The van der Waals surface area contributed by atoms with Crippen LogP contribution in [0.1, 0.15) is 29.9 Å². The lowest BCUT2D eigenvalue weighted by atomic mass is 9.88. The summed E-state index contributed by atoms with van der Waals surface area (Å²) in [6, 6.07) is 16.7. The summed E-state index contributed by atoms with van der Waals surface area (Å²) < 4.78 is 5.82. The minimum Gasteiger partial charge on any atom is -0.448 e. The average Bonchev–Trinajstić information content (AvgIpc) is 3.39. The Morgan fingerprint density at radius 3 is 2.33 bits per heavy atom. The molecule has 2 bridgehead atoms. The van der Waals surface area contributed by atoms with Gasteiger partial charge in [0.1, 0.15) is 6.61 Å². The van der Waals surface area contributed by atoms with E-state index < -0.39 is 0 Å². The van der Waals surface area contributed by atoms with E-state index in [1.807, 2.05) is 17.0 Å². The first-order valence-electron chi connectivity index (χ1n) is 10.0. The molecule has 2 aromatic rings. The smallest absolute Gasteiger partial charge is 0.410 e. The summed E-state index contributed by atoms with van der Waals surface area (Å²) in [5.74, 6) is 1.51. The van der Waals surface area contributed by atoms with Crippen molar-refractivity contribution >= 4 is 6.09 Å². The standard InChI is InChI=1S/C23H23NO3/c25-22-13-9-14-11-24(21(22)19(14)10-13)23(26)27-12-20-17-7-3-1-5-15(17)16-6-2-4-8-18(16)20/h1-8,13-14,19-22,25H,9-12H2. The van der Waals surface area contributed by atoms with Gasteiger partial charge in [0.2, 0.25) is 0 Å². The lowest BCUT2D eigenvalue weighted by molar-refractivity contribution is 0.0388. The molecule has 5 atom stereocenters. The van der Waals surface area contributed by atoms with E-state index in [4.69, 9.17) is 4.74 Å². The molecule has 4 aliphatic rings. The summed E-state index contributed by atoms with van der Waals surface area (Å²) in [6.45, 7) is 1.10. The number of aliphatic hydroxyl groups is 1. The topological polar surface area (TPSA) is 49.8 Å². The number of fused-ring (bicyclic) bond motifs is 4. The first kappa shape index (κ1) is 15.7. The molecule has 6 rings (SSSR count). The summed E-state index contributed by atoms with van der Waals surface area (Å²) in [4.78, 5) is 14.7. The Morgan fingerprint density at radius 2 is 1.67 bits per heavy atom. The number of nitrogens with zero attached hydrogens (tertiary/aromatic N) is 1. The van der Waals surface area contributed by atoms with Crippen LogP contribution in [0.2, 0.25) is 0 Å². The number of carbonyl (C=O) groups is 1. The van der Waals surface area contributed by atoms with Gasteiger partial charge < -0.3 is 14.7 Å². The fourth-order valence-electron chi connectivity index (χ4n) is 6.30. The summed E-state index contributed by atoms with van der Waals surface area (Å²) in [7, 11) is 0. The summed E-state index contributed by atoms with van der Waals surface area (Å²) in [5, 5.41) is 10.5. The van der Waals surface area contributed by atoms with Gasteiger partial charge in [-0.2, -0.15) is 0 Å². The predicted octanol–water partition coefficient (Wildman–Crippen LogP) is 3.64. The number of hydrogen-bond donors (Lipinski definition) is 1. The van der Waals surface area contributed by atoms with Crippen LogP contribution in [-0.2, 0) is 4.74 Å². The van der Waals surface area contributed by atoms with E-state index in [0.29, 0.717) is 24.4 Å². The van der Waals surface area contributed by atoms with Crippen LogP contribution in [-0.4, -0.2) is 41.4 Å². The summed E-state index contributed by atoms with van der Waals surface area (Å²) in [5.41, 5.74) is 4.94. The number of amides is 1. The molecule has 3 aliphatic carbocycles. The lowest BCUT2D eigenvalue weighted by Crippen LogP contribution is -2.44. The summed E-state index contributed by atoms with van der Waals surface area (Å²) >= 11 is 0. The van der Waals surface area contributed by atoms with E-state index in [-0.39, 0.29) is 24.2 Å². The largest absolute Gasteiger partial charge is 0.448 e. The fraction of sp³-hybridized carbons (Fsp3) is 0.435. The lowest BCUT2D eigenvalue weighted by Gasteiger charge is -2.28. The number of aliphatic hydroxyl groups excluding tert-OH is 1. The molecule has 1 N–H and O–H groups in total. The SMILES string of the molecule is O=C(OCC1c2ccccc2-c2ccccc21)N1CC2CC3CC2C1C3O. The zero-order valence-corrected chi connectivity index (χ0v) is 15.1. The van der Waals surface area contributed by atoms with Crippen molar-refractivity contribution in [2.24, 2.45) is 17.8 Å². The zero-order chi connectivity index (χ0) is 18.1. The highest BCUT2D eigenvalue weighted by molar-refractivity contribution is 5.79. The van der Waals surface area contributed by atoms with Gasteiger partial charge in [0.15, 0.2) is 0 Å². The average molecular weight is 361 g/mol. The number of likely N-dealkylation sites (tertiary alicyclic amines) is 1. The Morgan fingerprint density at radius 1 is 1.00 bits per heavy atom. The number of benzene rings is 2. The van der Waals surface area contributed by atoms with Crippen LogP contribution >= 0.6 is 0 Å². The van der Waals surface area contributed by atoms with Crippen molar-refractivity contribution in [3.05, 3.63) is 59.7 Å². The van der Waals surface area contributed by atoms with Crippen molar-refractivity contribution in [3.63, 3.8) is 0 Å². The molecule has 4 nitrogen and oxygen atoms in total.